The SMILES string of the molecule is Cc1c(Br)c(C)c2oc(CC(C)(C)C)nc2c1C. The highest BCUT2D eigenvalue weighted by molar-refractivity contribution is 9.10. The van der Waals surface area contributed by atoms with E-state index in [1.807, 2.05) is 0 Å². The molecule has 18 heavy (non-hydrogen) atoms. The number of aryl methyl sites for hydroxylation is 2. The summed E-state index contributed by atoms with van der Waals surface area (Å²) in [6, 6.07) is 0. The van der Waals surface area contributed by atoms with E-state index in [0.717, 1.165) is 33.4 Å². The number of benzene rings is 1. The fraction of sp³-hybridized carbons (Fsp3) is 0.533. The van der Waals surface area contributed by atoms with Gasteiger partial charge in [0.1, 0.15) is 5.52 Å². The molecule has 0 unspecified atom stereocenters. The molecular formula is C15H20BrNO. The third-order valence-electron chi connectivity index (χ3n) is 3.27. The number of hydrogen-bond donors (Lipinski definition) is 0. The van der Waals surface area contributed by atoms with Crippen LogP contribution in [0.4, 0.5) is 0 Å². The highest BCUT2D eigenvalue weighted by Crippen LogP contribution is 2.34. The maximum atomic E-state index is 5.95. The van der Waals surface area contributed by atoms with Crippen molar-refractivity contribution in [2.45, 2.75) is 48.0 Å². The number of oxazole rings is 1. The van der Waals surface area contributed by atoms with Crippen LogP contribution in [0.5, 0.6) is 0 Å². The molecule has 0 aliphatic rings. The zero-order valence-corrected chi connectivity index (χ0v) is 13.5. The first-order chi connectivity index (χ1) is 8.20. The molecule has 0 saturated heterocycles. The summed E-state index contributed by atoms with van der Waals surface area (Å²) in [7, 11) is 0. The lowest BCUT2D eigenvalue weighted by molar-refractivity contribution is 0.361. The second kappa shape index (κ2) is 4.37. The van der Waals surface area contributed by atoms with Crippen molar-refractivity contribution in [1.82, 2.24) is 4.98 Å². The third kappa shape index (κ3) is 2.33. The minimum Gasteiger partial charge on any atom is -0.440 e. The monoisotopic (exact) mass is 309 g/mol. The molecule has 2 nitrogen and oxygen atoms in total. The van der Waals surface area contributed by atoms with Crippen LogP contribution in [0.2, 0.25) is 0 Å². The number of nitrogens with zero attached hydrogens (tertiary/aromatic N) is 1. The summed E-state index contributed by atoms with van der Waals surface area (Å²) in [4.78, 5) is 4.67. The highest BCUT2D eigenvalue weighted by atomic mass is 79.9. The van der Waals surface area contributed by atoms with Crippen LogP contribution >= 0.6 is 15.9 Å². The minimum absolute atomic E-state index is 0.189. The number of hydrogen-bond acceptors (Lipinski definition) is 2. The molecule has 0 bridgehead atoms. The fourth-order valence-corrected chi connectivity index (χ4v) is 2.60. The Labute approximate surface area is 117 Å². The van der Waals surface area contributed by atoms with E-state index >= 15 is 0 Å². The second-order valence-corrected chi connectivity index (χ2v) is 7.00. The number of fused-ring (bicyclic) bond motifs is 1. The summed E-state index contributed by atoms with van der Waals surface area (Å²) in [5.41, 5.74) is 5.70. The Morgan fingerprint density at radius 2 is 1.67 bits per heavy atom. The smallest absolute Gasteiger partial charge is 0.196 e. The molecule has 3 heteroatoms. The van der Waals surface area contributed by atoms with Gasteiger partial charge in [-0.15, -0.1) is 0 Å². The highest BCUT2D eigenvalue weighted by Gasteiger charge is 2.20. The van der Waals surface area contributed by atoms with Crippen molar-refractivity contribution in [1.29, 1.82) is 0 Å². The molecule has 1 aromatic carbocycles. The van der Waals surface area contributed by atoms with Crippen LogP contribution in [0.25, 0.3) is 11.1 Å². The molecule has 0 aliphatic heterocycles. The summed E-state index contributed by atoms with van der Waals surface area (Å²) in [6.45, 7) is 12.9. The van der Waals surface area contributed by atoms with Crippen molar-refractivity contribution in [3.63, 3.8) is 0 Å². The molecular weight excluding hydrogens is 290 g/mol. The van der Waals surface area contributed by atoms with E-state index in [9.17, 15) is 0 Å². The van der Waals surface area contributed by atoms with Gasteiger partial charge in [0, 0.05) is 16.5 Å². The topological polar surface area (TPSA) is 26.0 Å². The van der Waals surface area contributed by atoms with Crippen LogP contribution in [0.1, 0.15) is 43.4 Å². The molecule has 0 N–H and O–H groups in total. The standard InChI is InChI=1S/C15H20BrNO/c1-8-9(2)13-14(10(3)12(8)16)18-11(17-13)7-15(4,5)6/h7H2,1-6H3. The minimum atomic E-state index is 0.189. The molecule has 98 valence electrons. The van der Waals surface area contributed by atoms with Gasteiger partial charge in [-0.25, -0.2) is 4.98 Å². The van der Waals surface area contributed by atoms with Gasteiger partial charge in [0.05, 0.1) is 0 Å². The summed E-state index contributed by atoms with van der Waals surface area (Å²) in [5.74, 6) is 0.834. The van der Waals surface area contributed by atoms with E-state index in [1.165, 1.54) is 11.1 Å². The van der Waals surface area contributed by atoms with Gasteiger partial charge in [-0.1, -0.05) is 36.7 Å². The summed E-state index contributed by atoms with van der Waals surface area (Å²) in [6.07, 6.45) is 0.858. The lowest BCUT2D eigenvalue weighted by Crippen LogP contribution is -2.09. The summed E-state index contributed by atoms with van der Waals surface area (Å²) in [5, 5.41) is 0. The van der Waals surface area contributed by atoms with Gasteiger partial charge in [0.2, 0.25) is 0 Å². The van der Waals surface area contributed by atoms with Gasteiger partial charge in [-0.2, -0.15) is 0 Å². The van der Waals surface area contributed by atoms with Crippen molar-refractivity contribution in [3.8, 4) is 0 Å². The Morgan fingerprint density at radius 3 is 2.22 bits per heavy atom. The van der Waals surface area contributed by atoms with E-state index in [1.54, 1.807) is 0 Å². The molecule has 0 radical (unpaired) electrons. The van der Waals surface area contributed by atoms with Crippen LogP contribution in [-0.2, 0) is 6.42 Å². The quantitative estimate of drug-likeness (QED) is 0.732. The van der Waals surface area contributed by atoms with E-state index < -0.39 is 0 Å². The summed E-state index contributed by atoms with van der Waals surface area (Å²) < 4.78 is 7.08. The van der Waals surface area contributed by atoms with E-state index in [4.69, 9.17) is 4.42 Å². The molecule has 0 saturated carbocycles. The number of aromatic nitrogens is 1. The fourth-order valence-electron chi connectivity index (χ4n) is 2.13. The first-order valence-corrected chi connectivity index (χ1v) is 7.04. The predicted octanol–water partition coefficient (Wildman–Crippen LogP) is 5.10. The average molecular weight is 310 g/mol. The average Bonchev–Trinajstić information content (AvgIpc) is 2.65. The first-order valence-electron chi connectivity index (χ1n) is 6.25. The molecule has 1 aromatic heterocycles. The lowest BCUT2D eigenvalue weighted by atomic mass is 9.92. The van der Waals surface area contributed by atoms with Crippen LogP contribution < -0.4 is 0 Å². The molecule has 2 aromatic rings. The molecule has 0 amide bonds. The zero-order valence-electron chi connectivity index (χ0n) is 11.9. The Morgan fingerprint density at radius 1 is 1.06 bits per heavy atom. The van der Waals surface area contributed by atoms with Crippen molar-refractivity contribution >= 4 is 27.0 Å². The largest absolute Gasteiger partial charge is 0.440 e. The summed E-state index contributed by atoms with van der Waals surface area (Å²) >= 11 is 3.63. The first kappa shape index (κ1) is 13.6. The van der Waals surface area contributed by atoms with Gasteiger partial charge in [0.25, 0.3) is 0 Å². The lowest BCUT2D eigenvalue weighted by Gasteiger charge is -2.14. The van der Waals surface area contributed by atoms with Crippen molar-refractivity contribution in [3.05, 3.63) is 27.1 Å². The molecule has 2 rings (SSSR count). The van der Waals surface area contributed by atoms with Crippen molar-refractivity contribution in [2.24, 2.45) is 5.41 Å². The number of halogens is 1. The third-order valence-corrected chi connectivity index (χ3v) is 4.46. The predicted molar refractivity (Wildman–Crippen MR) is 79.1 cm³/mol. The van der Waals surface area contributed by atoms with Gasteiger partial charge in [-0.05, 0) is 37.3 Å². The van der Waals surface area contributed by atoms with E-state index in [-0.39, 0.29) is 5.41 Å². The van der Waals surface area contributed by atoms with Gasteiger partial charge in [0.15, 0.2) is 11.5 Å². The van der Waals surface area contributed by atoms with Gasteiger partial charge in [-0.3, -0.25) is 0 Å². The van der Waals surface area contributed by atoms with Crippen molar-refractivity contribution < 1.29 is 4.42 Å². The number of rotatable bonds is 1. The Kier molecular flexibility index (Phi) is 3.30. The van der Waals surface area contributed by atoms with Crippen molar-refractivity contribution in [2.75, 3.05) is 0 Å². The van der Waals surface area contributed by atoms with Gasteiger partial charge >= 0.3 is 0 Å². The van der Waals surface area contributed by atoms with E-state index in [2.05, 4.69) is 62.5 Å². The van der Waals surface area contributed by atoms with Crippen LogP contribution in [0, 0.1) is 26.2 Å². The Hall–Kier alpha value is -0.830. The Bertz CT molecular complexity index is 560. The molecule has 0 fully saturated rings. The maximum Gasteiger partial charge on any atom is 0.196 e. The van der Waals surface area contributed by atoms with Crippen LogP contribution in [0.3, 0.4) is 0 Å². The molecule has 0 atom stereocenters. The molecule has 0 aliphatic carbocycles. The van der Waals surface area contributed by atoms with Gasteiger partial charge < -0.3 is 4.42 Å². The molecule has 0 spiro atoms. The second-order valence-electron chi connectivity index (χ2n) is 6.21. The normalized spacial score (nSPS) is 12.4. The molecule has 1 heterocycles. The van der Waals surface area contributed by atoms with Crippen LogP contribution in [0.15, 0.2) is 8.89 Å². The van der Waals surface area contributed by atoms with E-state index in [0.29, 0.717) is 0 Å². The Balaban J connectivity index is 2.65. The van der Waals surface area contributed by atoms with Crippen LogP contribution in [-0.4, -0.2) is 4.98 Å². The maximum absolute atomic E-state index is 5.95. The zero-order chi connectivity index (χ0) is 13.7.